The lowest BCUT2D eigenvalue weighted by atomic mass is 9.95. The molecule has 1 aromatic heterocycles. The van der Waals surface area contributed by atoms with Crippen molar-refractivity contribution in [3.05, 3.63) is 70.1 Å². The SMILES string of the molecule is CCOC(=O)c1c(NC(=S)Nc2ccc(S(=O)(=O)Nc3ccccc3C)cc2)sc2c1CCCC2. The second kappa shape index (κ2) is 10.8. The first-order valence-electron chi connectivity index (χ1n) is 11.4. The highest BCUT2D eigenvalue weighted by Crippen LogP contribution is 2.38. The van der Waals surface area contributed by atoms with Gasteiger partial charge in [0.1, 0.15) is 5.00 Å². The van der Waals surface area contributed by atoms with Gasteiger partial charge in [0, 0.05) is 10.6 Å². The molecular weight excluding hydrogens is 502 g/mol. The average Bonchev–Trinajstić information content (AvgIpc) is 3.18. The normalized spacial score (nSPS) is 13.0. The van der Waals surface area contributed by atoms with Crippen molar-refractivity contribution in [2.24, 2.45) is 0 Å². The number of fused-ring (bicyclic) bond motifs is 1. The maximum absolute atomic E-state index is 12.8. The molecule has 0 amide bonds. The molecule has 0 unspecified atom stereocenters. The number of sulfonamides is 1. The number of carbonyl (C=O) groups excluding carboxylic acids is 1. The summed E-state index contributed by atoms with van der Waals surface area (Å²) in [5.74, 6) is -0.340. The molecule has 1 heterocycles. The van der Waals surface area contributed by atoms with Crippen molar-refractivity contribution in [1.82, 2.24) is 0 Å². The molecule has 3 aromatic rings. The number of thiocarbonyl (C=S) groups is 1. The molecule has 10 heteroatoms. The third kappa shape index (κ3) is 5.83. The molecule has 0 aliphatic heterocycles. The zero-order valence-electron chi connectivity index (χ0n) is 19.5. The number of esters is 1. The van der Waals surface area contributed by atoms with E-state index in [0.717, 1.165) is 36.8 Å². The Labute approximate surface area is 215 Å². The van der Waals surface area contributed by atoms with Crippen molar-refractivity contribution in [2.45, 2.75) is 44.4 Å². The summed E-state index contributed by atoms with van der Waals surface area (Å²) in [5, 5.41) is 7.20. The molecule has 0 fully saturated rings. The summed E-state index contributed by atoms with van der Waals surface area (Å²) in [6.45, 7) is 3.94. The Kier molecular flexibility index (Phi) is 7.73. The van der Waals surface area contributed by atoms with E-state index in [1.807, 2.05) is 19.1 Å². The Bertz CT molecular complexity index is 1350. The van der Waals surface area contributed by atoms with Crippen molar-refractivity contribution in [1.29, 1.82) is 0 Å². The summed E-state index contributed by atoms with van der Waals surface area (Å²) < 4.78 is 33.4. The Hall–Kier alpha value is -2.95. The summed E-state index contributed by atoms with van der Waals surface area (Å²) in [4.78, 5) is 14.0. The quantitative estimate of drug-likeness (QED) is 0.266. The van der Waals surface area contributed by atoms with E-state index in [-0.39, 0.29) is 10.9 Å². The van der Waals surface area contributed by atoms with Crippen LogP contribution in [-0.2, 0) is 27.6 Å². The number of hydrogen-bond acceptors (Lipinski definition) is 6. The first kappa shape index (κ1) is 25.2. The number of para-hydroxylation sites is 1. The maximum atomic E-state index is 12.8. The summed E-state index contributed by atoms with van der Waals surface area (Å²) >= 11 is 7.01. The Balaban J connectivity index is 1.46. The zero-order chi connectivity index (χ0) is 25.0. The van der Waals surface area contributed by atoms with E-state index in [1.165, 1.54) is 28.3 Å². The molecule has 1 aliphatic carbocycles. The van der Waals surface area contributed by atoms with Crippen LogP contribution in [0, 0.1) is 6.92 Å². The number of benzene rings is 2. The Morgan fingerprint density at radius 1 is 1.06 bits per heavy atom. The highest BCUT2D eigenvalue weighted by atomic mass is 32.2. The van der Waals surface area contributed by atoms with Crippen LogP contribution in [0.4, 0.5) is 16.4 Å². The van der Waals surface area contributed by atoms with E-state index in [1.54, 1.807) is 31.2 Å². The minimum Gasteiger partial charge on any atom is -0.462 e. The van der Waals surface area contributed by atoms with Gasteiger partial charge < -0.3 is 15.4 Å². The van der Waals surface area contributed by atoms with Gasteiger partial charge in [-0.2, -0.15) is 0 Å². The first-order chi connectivity index (χ1) is 16.8. The number of rotatable bonds is 7. The standard InChI is InChI=1S/C25H27N3O4S3/c1-3-32-24(29)22-19-9-5-7-11-21(19)34-23(22)27-25(33)26-17-12-14-18(15-13-17)35(30,31)28-20-10-6-4-8-16(20)2/h4,6,8,10,12-15,28H,3,5,7,9,11H2,1-2H3,(H2,26,27,33). The van der Waals surface area contributed by atoms with Crippen molar-refractivity contribution >= 4 is 61.0 Å². The van der Waals surface area contributed by atoms with Gasteiger partial charge in [-0.1, -0.05) is 18.2 Å². The van der Waals surface area contributed by atoms with Gasteiger partial charge in [0.25, 0.3) is 10.0 Å². The Morgan fingerprint density at radius 3 is 2.49 bits per heavy atom. The smallest absolute Gasteiger partial charge is 0.341 e. The van der Waals surface area contributed by atoms with Crippen molar-refractivity contribution in [3.63, 3.8) is 0 Å². The molecule has 0 atom stereocenters. The number of ether oxygens (including phenoxy) is 1. The van der Waals surface area contributed by atoms with Gasteiger partial charge in [0.2, 0.25) is 0 Å². The van der Waals surface area contributed by atoms with E-state index < -0.39 is 10.0 Å². The number of aryl methyl sites for hydroxylation is 2. The number of anilines is 3. The minimum absolute atomic E-state index is 0.140. The fraction of sp³-hybridized carbons (Fsp3) is 0.280. The van der Waals surface area contributed by atoms with Crippen LogP contribution in [0.1, 0.15) is 46.1 Å². The maximum Gasteiger partial charge on any atom is 0.341 e. The van der Waals surface area contributed by atoms with Gasteiger partial charge in [-0.3, -0.25) is 4.72 Å². The first-order valence-corrected chi connectivity index (χ1v) is 14.1. The lowest BCUT2D eigenvalue weighted by Crippen LogP contribution is -2.20. The molecule has 0 radical (unpaired) electrons. The van der Waals surface area contributed by atoms with Gasteiger partial charge in [0.15, 0.2) is 5.11 Å². The second-order valence-corrected chi connectivity index (χ2v) is 11.4. The Morgan fingerprint density at radius 2 is 1.77 bits per heavy atom. The van der Waals surface area contributed by atoms with Crippen LogP contribution in [0.2, 0.25) is 0 Å². The lowest BCUT2D eigenvalue weighted by Gasteiger charge is -2.13. The molecule has 7 nitrogen and oxygen atoms in total. The summed E-state index contributed by atoms with van der Waals surface area (Å²) in [5.41, 5.74) is 3.62. The fourth-order valence-electron chi connectivity index (χ4n) is 3.95. The predicted molar refractivity (Wildman–Crippen MR) is 145 cm³/mol. The molecule has 184 valence electrons. The number of thiophene rings is 1. The summed E-state index contributed by atoms with van der Waals surface area (Å²) in [6.07, 6.45) is 3.95. The fourth-order valence-corrected chi connectivity index (χ4v) is 6.64. The topological polar surface area (TPSA) is 96.5 Å². The minimum atomic E-state index is -3.73. The van der Waals surface area contributed by atoms with E-state index in [9.17, 15) is 13.2 Å². The van der Waals surface area contributed by atoms with Crippen LogP contribution in [0.25, 0.3) is 0 Å². The van der Waals surface area contributed by atoms with Crippen LogP contribution in [0.5, 0.6) is 0 Å². The van der Waals surface area contributed by atoms with Crippen LogP contribution in [0.3, 0.4) is 0 Å². The second-order valence-electron chi connectivity index (χ2n) is 8.16. The van der Waals surface area contributed by atoms with Gasteiger partial charge >= 0.3 is 5.97 Å². The third-order valence-corrected chi connectivity index (χ3v) is 8.48. The molecule has 35 heavy (non-hydrogen) atoms. The molecule has 0 spiro atoms. The van der Waals surface area contributed by atoms with E-state index in [2.05, 4.69) is 15.4 Å². The zero-order valence-corrected chi connectivity index (χ0v) is 22.0. The number of hydrogen-bond donors (Lipinski definition) is 3. The monoisotopic (exact) mass is 529 g/mol. The van der Waals surface area contributed by atoms with E-state index in [0.29, 0.717) is 33.7 Å². The average molecular weight is 530 g/mol. The van der Waals surface area contributed by atoms with Gasteiger partial charge in [-0.05, 0) is 93.2 Å². The third-order valence-electron chi connectivity index (χ3n) is 5.69. The molecule has 0 bridgehead atoms. The molecule has 0 saturated carbocycles. The van der Waals surface area contributed by atoms with Crippen LogP contribution in [0.15, 0.2) is 53.4 Å². The number of nitrogens with one attached hydrogen (secondary N) is 3. The highest BCUT2D eigenvalue weighted by Gasteiger charge is 2.26. The molecule has 1 aliphatic rings. The van der Waals surface area contributed by atoms with Crippen molar-refractivity contribution < 1.29 is 17.9 Å². The van der Waals surface area contributed by atoms with Gasteiger partial charge in [0.05, 0.1) is 22.8 Å². The summed E-state index contributed by atoms with van der Waals surface area (Å²) in [6, 6.07) is 13.5. The highest BCUT2D eigenvalue weighted by molar-refractivity contribution is 7.92. The van der Waals surface area contributed by atoms with Gasteiger partial charge in [-0.15, -0.1) is 11.3 Å². The van der Waals surface area contributed by atoms with Crippen LogP contribution < -0.4 is 15.4 Å². The molecule has 4 rings (SSSR count). The predicted octanol–water partition coefficient (Wildman–Crippen LogP) is 5.72. The molecular formula is C25H27N3O4S3. The molecule has 0 saturated heterocycles. The van der Waals surface area contributed by atoms with E-state index in [4.69, 9.17) is 17.0 Å². The number of carbonyl (C=O) groups is 1. The molecule has 3 N–H and O–H groups in total. The van der Waals surface area contributed by atoms with Crippen molar-refractivity contribution in [2.75, 3.05) is 22.0 Å². The van der Waals surface area contributed by atoms with Crippen molar-refractivity contribution in [3.8, 4) is 0 Å². The summed E-state index contributed by atoms with van der Waals surface area (Å²) in [7, 11) is -3.73. The largest absolute Gasteiger partial charge is 0.462 e. The lowest BCUT2D eigenvalue weighted by molar-refractivity contribution is 0.0526. The van der Waals surface area contributed by atoms with Crippen LogP contribution >= 0.6 is 23.6 Å². The van der Waals surface area contributed by atoms with Gasteiger partial charge in [-0.25, -0.2) is 13.2 Å². The molecule has 2 aromatic carbocycles. The van der Waals surface area contributed by atoms with E-state index >= 15 is 0 Å². The van der Waals surface area contributed by atoms with Crippen LogP contribution in [-0.4, -0.2) is 26.1 Å².